The molecule has 3 aromatic carbocycles. The van der Waals surface area contributed by atoms with Gasteiger partial charge < -0.3 is 21.1 Å². The number of carbonyl (C=O) groups excluding carboxylic acids is 3. The number of fused-ring (bicyclic) bond motifs is 2. The van der Waals surface area contributed by atoms with Crippen LogP contribution in [0.25, 0.3) is 5.65 Å². The molecule has 0 radical (unpaired) electrons. The van der Waals surface area contributed by atoms with Crippen LogP contribution in [0.1, 0.15) is 76.4 Å². The highest BCUT2D eigenvalue weighted by Crippen LogP contribution is 2.35. The number of aromatic carboxylic acids is 1. The molecule has 1 aliphatic carbocycles. The molecular weight excluding hydrogens is 596 g/mol. The van der Waals surface area contributed by atoms with E-state index in [0.29, 0.717) is 29.1 Å². The average Bonchev–Trinajstić information content (AvgIpc) is 3.66. The number of carbonyl (C=O) groups is 4. The number of aromatic nitrogens is 3. The number of nitrogens with one attached hydrogen (secondary N) is 3. The van der Waals surface area contributed by atoms with Crippen molar-refractivity contribution in [3.8, 4) is 0 Å². The molecule has 6 rings (SSSR count). The number of rotatable bonds is 8. The second-order valence-electron chi connectivity index (χ2n) is 10.6. The normalized spacial score (nSPS) is 13.7. The van der Waals surface area contributed by atoms with Gasteiger partial charge in [-0.2, -0.15) is 5.10 Å². The number of benzene rings is 3. The van der Waals surface area contributed by atoms with E-state index in [1.54, 1.807) is 37.3 Å². The fraction of sp³-hybridized carbons (Fsp3) is 0.152. The first-order valence-corrected chi connectivity index (χ1v) is 14.5. The van der Waals surface area contributed by atoms with Crippen molar-refractivity contribution in [2.75, 3.05) is 5.32 Å². The van der Waals surface area contributed by atoms with E-state index in [9.17, 15) is 24.3 Å². The maximum Gasteiger partial charge on any atom is 0.335 e. The van der Waals surface area contributed by atoms with Crippen molar-refractivity contribution in [1.82, 2.24) is 25.2 Å². The molecule has 0 bridgehead atoms. The van der Waals surface area contributed by atoms with Crippen molar-refractivity contribution in [2.45, 2.75) is 32.4 Å². The zero-order valence-electron chi connectivity index (χ0n) is 24.0. The van der Waals surface area contributed by atoms with E-state index in [-0.39, 0.29) is 34.7 Å². The zero-order chi connectivity index (χ0) is 31.7. The highest BCUT2D eigenvalue weighted by atomic mass is 35.5. The molecule has 2 heterocycles. The zero-order valence-corrected chi connectivity index (χ0v) is 24.8. The van der Waals surface area contributed by atoms with E-state index >= 15 is 0 Å². The Balaban J connectivity index is 1.35. The lowest BCUT2D eigenvalue weighted by Gasteiger charge is -2.16. The van der Waals surface area contributed by atoms with E-state index in [2.05, 4.69) is 26.0 Å². The molecule has 0 spiro atoms. The summed E-state index contributed by atoms with van der Waals surface area (Å²) in [7, 11) is 0. The highest BCUT2D eigenvalue weighted by Gasteiger charge is 2.29. The van der Waals surface area contributed by atoms with Crippen LogP contribution < -0.4 is 16.0 Å². The molecule has 3 amide bonds. The Morgan fingerprint density at radius 2 is 1.71 bits per heavy atom. The minimum Gasteiger partial charge on any atom is -0.478 e. The largest absolute Gasteiger partial charge is 0.478 e. The molecule has 2 aromatic heterocycles. The quantitative estimate of drug-likeness (QED) is 0.190. The molecule has 1 atom stereocenters. The SMILES string of the molecule is Cc1c(C(=O)O)ccc2c1CC[C@H]2NC(=O)c1cc(C(=O)NCc2ccccc2)nc2c(C(=O)Nc3ccccc3Cl)cnn12. The third-order valence-corrected chi connectivity index (χ3v) is 8.16. The topological polar surface area (TPSA) is 155 Å². The second kappa shape index (κ2) is 12.2. The summed E-state index contributed by atoms with van der Waals surface area (Å²) in [6, 6.07) is 20.2. The number of amides is 3. The first-order chi connectivity index (χ1) is 21.7. The van der Waals surface area contributed by atoms with Crippen LogP contribution in [0.4, 0.5) is 5.69 Å². The molecule has 11 nitrogen and oxygen atoms in total. The molecule has 4 N–H and O–H groups in total. The molecular formula is C33H27ClN6O5. The number of carboxylic acid groups (broad SMARTS) is 1. The van der Waals surface area contributed by atoms with Crippen molar-refractivity contribution in [3.05, 3.63) is 129 Å². The van der Waals surface area contributed by atoms with Gasteiger partial charge in [0.25, 0.3) is 17.7 Å². The van der Waals surface area contributed by atoms with Crippen LogP contribution >= 0.6 is 11.6 Å². The summed E-state index contributed by atoms with van der Waals surface area (Å²) in [6.45, 7) is 1.99. The number of nitrogens with zero attached hydrogens (tertiary/aromatic N) is 3. The van der Waals surface area contributed by atoms with Gasteiger partial charge in [0, 0.05) is 12.6 Å². The number of hydrogen-bond donors (Lipinski definition) is 4. The predicted molar refractivity (Wildman–Crippen MR) is 167 cm³/mol. The fourth-order valence-electron chi connectivity index (χ4n) is 5.52. The number of anilines is 1. The van der Waals surface area contributed by atoms with Crippen molar-refractivity contribution >= 4 is 46.6 Å². The summed E-state index contributed by atoms with van der Waals surface area (Å²) in [5.74, 6) is -2.67. The molecule has 45 heavy (non-hydrogen) atoms. The van der Waals surface area contributed by atoms with Gasteiger partial charge >= 0.3 is 5.97 Å². The van der Waals surface area contributed by atoms with E-state index < -0.39 is 29.7 Å². The van der Waals surface area contributed by atoms with Crippen molar-refractivity contribution in [2.24, 2.45) is 0 Å². The summed E-state index contributed by atoms with van der Waals surface area (Å²) < 4.78 is 1.22. The van der Waals surface area contributed by atoms with Crippen LogP contribution in [-0.4, -0.2) is 43.4 Å². The van der Waals surface area contributed by atoms with Gasteiger partial charge in [0.15, 0.2) is 5.65 Å². The monoisotopic (exact) mass is 622 g/mol. The Kier molecular flexibility index (Phi) is 8.01. The van der Waals surface area contributed by atoms with Gasteiger partial charge in [-0.25, -0.2) is 14.3 Å². The number of para-hydroxylation sites is 1. The molecule has 1 aliphatic rings. The first-order valence-electron chi connectivity index (χ1n) is 14.1. The Bertz CT molecular complexity index is 1990. The summed E-state index contributed by atoms with van der Waals surface area (Å²) in [4.78, 5) is 56.5. The maximum absolute atomic E-state index is 13.8. The fourth-order valence-corrected chi connectivity index (χ4v) is 5.70. The summed E-state index contributed by atoms with van der Waals surface area (Å²) in [5, 5.41) is 22.7. The lowest BCUT2D eigenvalue weighted by Crippen LogP contribution is -2.31. The van der Waals surface area contributed by atoms with Crippen LogP contribution in [0.3, 0.4) is 0 Å². The van der Waals surface area contributed by atoms with Gasteiger partial charge in [-0.15, -0.1) is 0 Å². The number of halogens is 1. The molecule has 5 aromatic rings. The van der Waals surface area contributed by atoms with Crippen molar-refractivity contribution in [1.29, 1.82) is 0 Å². The molecule has 0 saturated carbocycles. The second-order valence-corrected chi connectivity index (χ2v) is 11.0. The maximum atomic E-state index is 13.8. The number of carboxylic acids is 1. The van der Waals surface area contributed by atoms with Crippen LogP contribution in [0.2, 0.25) is 5.02 Å². The van der Waals surface area contributed by atoms with E-state index in [1.807, 2.05) is 30.3 Å². The molecule has 0 fully saturated rings. The van der Waals surface area contributed by atoms with Crippen LogP contribution in [0, 0.1) is 6.92 Å². The molecule has 0 saturated heterocycles. The smallest absolute Gasteiger partial charge is 0.335 e. The van der Waals surface area contributed by atoms with Gasteiger partial charge in [0.2, 0.25) is 0 Å². The third kappa shape index (κ3) is 5.85. The Morgan fingerprint density at radius 1 is 0.956 bits per heavy atom. The predicted octanol–water partition coefficient (Wildman–Crippen LogP) is 4.99. The molecule has 0 aliphatic heterocycles. The summed E-state index contributed by atoms with van der Waals surface area (Å²) >= 11 is 6.23. The van der Waals surface area contributed by atoms with Gasteiger partial charge in [-0.1, -0.05) is 60.1 Å². The van der Waals surface area contributed by atoms with Crippen LogP contribution in [-0.2, 0) is 13.0 Å². The van der Waals surface area contributed by atoms with Gasteiger partial charge in [-0.05, 0) is 60.2 Å². The Morgan fingerprint density at radius 3 is 2.47 bits per heavy atom. The Hall–Kier alpha value is -5.55. The standard InChI is InChI=1S/C33H27ClN6O5/c1-18-20-13-14-25(22(20)12-11-21(18)33(44)45)38-32(43)28-15-27(31(42)35-16-19-7-3-2-4-8-19)37-29-23(17-36-40(28)29)30(41)39-26-10-6-5-9-24(26)34/h2-12,15,17,25H,13-14,16H2,1H3,(H,35,42)(H,38,43)(H,39,41)(H,44,45)/t25-/m1/s1. The minimum atomic E-state index is -1.01. The number of hydrogen-bond acceptors (Lipinski definition) is 6. The first kappa shape index (κ1) is 29.5. The van der Waals surface area contributed by atoms with Crippen molar-refractivity contribution < 1.29 is 24.3 Å². The van der Waals surface area contributed by atoms with Crippen molar-refractivity contribution in [3.63, 3.8) is 0 Å². The van der Waals surface area contributed by atoms with E-state index in [4.69, 9.17) is 11.6 Å². The molecule has 0 unspecified atom stereocenters. The lowest BCUT2D eigenvalue weighted by atomic mass is 9.98. The van der Waals surface area contributed by atoms with E-state index in [0.717, 1.165) is 16.7 Å². The lowest BCUT2D eigenvalue weighted by molar-refractivity contribution is 0.0695. The third-order valence-electron chi connectivity index (χ3n) is 7.83. The van der Waals surface area contributed by atoms with Crippen LogP contribution in [0.15, 0.2) is 79.0 Å². The molecule has 12 heteroatoms. The van der Waals surface area contributed by atoms with Gasteiger partial charge in [0.05, 0.1) is 28.5 Å². The van der Waals surface area contributed by atoms with Gasteiger partial charge in [-0.3, -0.25) is 14.4 Å². The van der Waals surface area contributed by atoms with E-state index in [1.165, 1.54) is 22.8 Å². The highest BCUT2D eigenvalue weighted by molar-refractivity contribution is 6.34. The summed E-state index contributed by atoms with van der Waals surface area (Å²) in [6.07, 6.45) is 2.44. The van der Waals surface area contributed by atoms with Crippen LogP contribution in [0.5, 0.6) is 0 Å². The average molecular weight is 623 g/mol. The Labute approximate surface area is 262 Å². The summed E-state index contributed by atoms with van der Waals surface area (Å²) in [5.41, 5.74) is 3.81. The van der Waals surface area contributed by atoms with Gasteiger partial charge in [0.1, 0.15) is 17.0 Å². The molecule has 226 valence electrons. The minimum absolute atomic E-state index is 0.00540.